The van der Waals surface area contributed by atoms with Crippen LogP contribution in [0.25, 0.3) is 0 Å². The van der Waals surface area contributed by atoms with E-state index in [2.05, 4.69) is 31.3 Å². The fourth-order valence-electron chi connectivity index (χ4n) is 8.58. The number of hydrogen-bond donors (Lipinski definition) is 3. The summed E-state index contributed by atoms with van der Waals surface area (Å²) in [5.74, 6) is -0.0390. The second kappa shape index (κ2) is 51.2. The summed E-state index contributed by atoms with van der Waals surface area (Å²) in [6.07, 6.45) is 59.2. The summed E-state index contributed by atoms with van der Waals surface area (Å²) in [4.78, 5) is 24.4. The number of carbonyl (C=O) groups excluding carboxylic acids is 2. The van der Waals surface area contributed by atoms with Gasteiger partial charge < -0.3 is 20.3 Å². The molecule has 61 heavy (non-hydrogen) atoms. The minimum absolute atomic E-state index is 0.00742. The van der Waals surface area contributed by atoms with Crippen molar-refractivity contribution >= 4 is 11.9 Å². The van der Waals surface area contributed by atoms with Crippen LogP contribution in [-0.4, -0.2) is 47.4 Å². The quantitative estimate of drug-likeness (QED) is 0.0322. The number of aliphatic hydroxyl groups excluding tert-OH is 2. The van der Waals surface area contributed by atoms with Crippen molar-refractivity contribution < 1.29 is 24.5 Å². The zero-order valence-corrected chi connectivity index (χ0v) is 41.2. The van der Waals surface area contributed by atoms with Crippen molar-refractivity contribution in [2.45, 2.75) is 315 Å². The first kappa shape index (κ1) is 59.6. The van der Waals surface area contributed by atoms with E-state index in [0.29, 0.717) is 25.9 Å². The predicted molar refractivity (Wildman–Crippen MR) is 264 cm³/mol. The molecule has 2 atom stereocenters. The Hall–Kier alpha value is -1.40. The summed E-state index contributed by atoms with van der Waals surface area (Å²) in [5, 5.41) is 23.1. The molecule has 0 radical (unpaired) electrons. The predicted octanol–water partition coefficient (Wildman–Crippen LogP) is 16.5. The van der Waals surface area contributed by atoms with Crippen LogP contribution in [0.1, 0.15) is 303 Å². The molecular formula is C55H107NO5. The van der Waals surface area contributed by atoms with Gasteiger partial charge in [-0.2, -0.15) is 0 Å². The minimum atomic E-state index is -0.667. The van der Waals surface area contributed by atoms with Crippen molar-refractivity contribution in [3.8, 4) is 0 Å². The molecule has 6 nitrogen and oxygen atoms in total. The Morgan fingerprint density at radius 1 is 0.443 bits per heavy atom. The average molecular weight is 862 g/mol. The number of unbranched alkanes of at least 4 members (excludes halogenated alkanes) is 38. The van der Waals surface area contributed by atoms with Crippen molar-refractivity contribution in [3.05, 3.63) is 12.2 Å². The molecule has 0 spiro atoms. The third kappa shape index (κ3) is 47.9. The zero-order chi connectivity index (χ0) is 44.4. The van der Waals surface area contributed by atoms with Gasteiger partial charge in [-0.05, 0) is 51.4 Å². The number of ether oxygens (including phenoxy) is 1. The van der Waals surface area contributed by atoms with E-state index in [1.54, 1.807) is 0 Å². The number of carbonyl (C=O) groups is 2. The molecule has 3 N–H and O–H groups in total. The van der Waals surface area contributed by atoms with Gasteiger partial charge in [0.25, 0.3) is 0 Å². The Bertz CT molecular complexity index is 909. The van der Waals surface area contributed by atoms with Crippen molar-refractivity contribution in [2.24, 2.45) is 0 Å². The summed E-state index contributed by atoms with van der Waals surface area (Å²) in [5.41, 5.74) is 0. The fourth-order valence-corrected chi connectivity index (χ4v) is 8.58. The van der Waals surface area contributed by atoms with Gasteiger partial charge in [-0.25, -0.2) is 0 Å². The number of rotatable bonds is 51. The van der Waals surface area contributed by atoms with E-state index in [9.17, 15) is 19.8 Å². The van der Waals surface area contributed by atoms with Crippen molar-refractivity contribution in [3.63, 3.8) is 0 Å². The summed E-state index contributed by atoms with van der Waals surface area (Å²) < 4.78 is 5.48. The molecule has 0 rings (SSSR count). The molecule has 0 aliphatic heterocycles. The molecular weight excluding hydrogens is 755 g/mol. The summed E-state index contributed by atoms with van der Waals surface area (Å²) >= 11 is 0. The molecule has 362 valence electrons. The molecule has 0 heterocycles. The van der Waals surface area contributed by atoms with Gasteiger partial charge >= 0.3 is 5.97 Å². The maximum absolute atomic E-state index is 12.4. The van der Waals surface area contributed by atoms with Crippen LogP contribution in [-0.2, 0) is 14.3 Å². The highest BCUT2D eigenvalue weighted by Gasteiger charge is 2.20. The van der Waals surface area contributed by atoms with Crippen LogP contribution in [0.2, 0.25) is 0 Å². The van der Waals surface area contributed by atoms with Crippen LogP contribution in [0.15, 0.2) is 12.2 Å². The van der Waals surface area contributed by atoms with Crippen LogP contribution in [0.5, 0.6) is 0 Å². The van der Waals surface area contributed by atoms with Gasteiger partial charge in [0.15, 0.2) is 0 Å². The lowest BCUT2D eigenvalue weighted by molar-refractivity contribution is -0.143. The number of hydrogen-bond acceptors (Lipinski definition) is 5. The maximum Gasteiger partial charge on any atom is 0.305 e. The van der Waals surface area contributed by atoms with E-state index in [-0.39, 0.29) is 18.5 Å². The number of esters is 1. The molecule has 0 fully saturated rings. The smallest absolute Gasteiger partial charge is 0.305 e. The molecule has 0 aromatic heterocycles. The lowest BCUT2D eigenvalue weighted by Gasteiger charge is -2.22. The van der Waals surface area contributed by atoms with Gasteiger partial charge in [-0.1, -0.05) is 251 Å². The highest BCUT2D eigenvalue weighted by Crippen LogP contribution is 2.17. The van der Waals surface area contributed by atoms with Gasteiger partial charge in [0.2, 0.25) is 5.91 Å². The maximum atomic E-state index is 12.4. The number of aliphatic hydroxyl groups is 2. The Morgan fingerprint density at radius 2 is 0.770 bits per heavy atom. The van der Waals surface area contributed by atoms with Gasteiger partial charge in [0, 0.05) is 12.8 Å². The number of nitrogens with one attached hydrogen (secondary N) is 1. The van der Waals surface area contributed by atoms with E-state index in [0.717, 1.165) is 38.5 Å². The first-order chi connectivity index (χ1) is 30.0. The lowest BCUT2D eigenvalue weighted by Crippen LogP contribution is -2.45. The second-order valence-corrected chi connectivity index (χ2v) is 18.9. The van der Waals surface area contributed by atoms with E-state index < -0.39 is 12.1 Å². The van der Waals surface area contributed by atoms with Gasteiger partial charge in [-0.3, -0.25) is 9.59 Å². The third-order valence-corrected chi connectivity index (χ3v) is 12.8. The molecule has 1 amide bonds. The standard InChI is InChI=1S/C55H107NO5/c1-3-5-7-9-11-13-14-15-16-23-26-29-33-37-41-45-49-55(60)61-50-46-42-38-34-30-27-24-21-19-17-18-20-22-25-28-32-36-40-44-48-54(59)56-52(51-57)53(58)47-43-39-35-31-12-10-8-6-4-2/h17-18,52-53,57-58H,3-16,19-51H2,1-2H3,(H,56,59)/b18-17-. The summed E-state index contributed by atoms with van der Waals surface area (Å²) in [7, 11) is 0. The fraction of sp³-hybridized carbons (Fsp3) is 0.927. The molecule has 0 saturated carbocycles. The SMILES string of the molecule is CCCCCCCCCCCCCCCCCCC(=O)OCCCCCCCCCC/C=C\CCCCCCCCCC(=O)NC(CO)C(O)CCCCCCCCCCC. The monoisotopic (exact) mass is 862 g/mol. The Morgan fingerprint density at radius 3 is 1.16 bits per heavy atom. The van der Waals surface area contributed by atoms with Crippen LogP contribution in [0, 0.1) is 0 Å². The Labute approximate surface area is 380 Å². The molecule has 2 unspecified atom stereocenters. The highest BCUT2D eigenvalue weighted by atomic mass is 16.5. The number of allylic oxidation sites excluding steroid dienone is 2. The van der Waals surface area contributed by atoms with Crippen molar-refractivity contribution in [2.75, 3.05) is 13.2 Å². The number of amides is 1. The Balaban J connectivity index is 3.39. The van der Waals surface area contributed by atoms with Crippen LogP contribution >= 0.6 is 0 Å². The van der Waals surface area contributed by atoms with E-state index >= 15 is 0 Å². The first-order valence-corrected chi connectivity index (χ1v) is 27.4. The minimum Gasteiger partial charge on any atom is -0.466 e. The second-order valence-electron chi connectivity index (χ2n) is 18.9. The van der Waals surface area contributed by atoms with Crippen LogP contribution in [0.4, 0.5) is 0 Å². The molecule has 0 aliphatic carbocycles. The normalized spacial score (nSPS) is 12.7. The van der Waals surface area contributed by atoms with Gasteiger partial charge in [0.1, 0.15) is 0 Å². The zero-order valence-electron chi connectivity index (χ0n) is 41.2. The van der Waals surface area contributed by atoms with Crippen LogP contribution in [0.3, 0.4) is 0 Å². The Kier molecular flexibility index (Phi) is 50.1. The van der Waals surface area contributed by atoms with Crippen LogP contribution < -0.4 is 5.32 Å². The molecule has 6 heteroatoms. The van der Waals surface area contributed by atoms with Crippen molar-refractivity contribution in [1.29, 1.82) is 0 Å². The average Bonchev–Trinajstić information content (AvgIpc) is 3.26. The molecule has 0 saturated heterocycles. The highest BCUT2D eigenvalue weighted by molar-refractivity contribution is 5.76. The lowest BCUT2D eigenvalue weighted by atomic mass is 10.0. The molecule has 0 bridgehead atoms. The molecule has 0 aliphatic rings. The third-order valence-electron chi connectivity index (χ3n) is 12.8. The van der Waals surface area contributed by atoms with E-state index in [4.69, 9.17) is 4.74 Å². The van der Waals surface area contributed by atoms with Gasteiger partial charge in [0.05, 0.1) is 25.4 Å². The first-order valence-electron chi connectivity index (χ1n) is 27.4. The van der Waals surface area contributed by atoms with Gasteiger partial charge in [-0.15, -0.1) is 0 Å². The van der Waals surface area contributed by atoms with Crippen molar-refractivity contribution in [1.82, 2.24) is 5.32 Å². The summed E-state index contributed by atoms with van der Waals surface area (Å²) in [6, 6.07) is -0.545. The largest absolute Gasteiger partial charge is 0.466 e. The molecule has 0 aromatic rings. The topological polar surface area (TPSA) is 95.9 Å². The van der Waals surface area contributed by atoms with E-state index in [1.807, 2.05) is 0 Å². The van der Waals surface area contributed by atoms with E-state index in [1.165, 1.54) is 231 Å². The summed E-state index contributed by atoms with van der Waals surface area (Å²) in [6.45, 7) is 4.93. The molecule has 0 aromatic carbocycles.